The lowest BCUT2D eigenvalue weighted by atomic mass is 9.83. The topological polar surface area (TPSA) is 45.6 Å². The lowest BCUT2D eigenvalue weighted by molar-refractivity contribution is -0.0114. The first kappa shape index (κ1) is 17.4. The van der Waals surface area contributed by atoms with Gasteiger partial charge in [0, 0.05) is 43.4 Å². The molecule has 1 aromatic heterocycles. The van der Waals surface area contributed by atoms with Gasteiger partial charge in [-0.1, -0.05) is 12.1 Å². The number of methoxy groups -OCH3 is 1. The maximum Gasteiger partial charge on any atom is 0.131 e. The highest BCUT2D eigenvalue weighted by Gasteiger charge is 2.53. The van der Waals surface area contributed by atoms with E-state index in [1.54, 1.807) is 18.3 Å². The molecule has 0 amide bonds. The van der Waals surface area contributed by atoms with E-state index in [4.69, 9.17) is 4.74 Å². The van der Waals surface area contributed by atoms with Crippen LogP contribution < -0.4 is 4.74 Å². The predicted octanol–water partition coefficient (Wildman–Crippen LogP) is 3.27. The molecule has 1 aromatic carbocycles. The summed E-state index contributed by atoms with van der Waals surface area (Å²) in [5, 5.41) is 11.4. The van der Waals surface area contributed by atoms with Crippen molar-refractivity contribution in [3.05, 3.63) is 59.2 Å². The van der Waals surface area contributed by atoms with E-state index in [1.165, 1.54) is 13.2 Å². The van der Waals surface area contributed by atoms with Gasteiger partial charge in [-0.3, -0.25) is 9.88 Å². The van der Waals surface area contributed by atoms with Crippen LogP contribution in [0.5, 0.6) is 5.75 Å². The number of likely N-dealkylation sites (tertiary alicyclic amines) is 1. The Morgan fingerprint density at radius 3 is 2.92 bits per heavy atom. The molecule has 1 saturated heterocycles. The van der Waals surface area contributed by atoms with Crippen LogP contribution in [-0.4, -0.2) is 35.2 Å². The minimum Gasteiger partial charge on any atom is -0.497 e. The second-order valence-corrected chi connectivity index (χ2v) is 7.65. The van der Waals surface area contributed by atoms with E-state index in [1.807, 2.05) is 19.1 Å². The van der Waals surface area contributed by atoms with E-state index in [9.17, 15) is 9.50 Å². The molecule has 2 aromatic rings. The molecule has 1 N–H and O–H groups in total. The molecule has 4 rings (SSSR count). The van der Waals surface area contributed by atoms with Gasteiger partial charge in [0.1, 0.15) is 17.2 Å². The number of halogens is 1. The van der Waals surface area contributed by atoms with Crippen molar-refractivity contribution in [1.29, 1.82) is 0 Å². The van der Waals surface area contributed by atoms with Crippen LogP contribution in [0, 0.1) is 24.6 Å². The highest BCUT2D eigenvalue weighted by molar-refractivity contribution is 5.30. The maximum absolute atomic E-state index is 14.3. The zero-order chi connectivity index (χ0) is 18.3. The minimum absolute atomic E-state index is 0.150. The molecule has 5 heteroatoms. The number of hydrogen-bond donors (Lipinski definition) is 1. The molecule has 0 radical (unpaired) electrons. The van der Waals surface area contributed by atoms with E-state index in [0.717, 1.165) is 37.2 Å². The van der Waals surface area contributed by atoms with Gasteiger partial charge in [0.05, 0.1) is 12.8 Å². The number of aryl methyl sites for hydroxylation is 1. The molecule has 138 valence electrons. The van der Waals surface area contributed by atoms with Gasteiger partial charge in [-0.05, 0) is 43.4 Å². The maximum atomic E-state index is 14.3. The second-order valence-electron chi connectivity index (χ2n) is 7.65. The predicted molar refractivity (Wildman–Crippen MR) is 97.3 cm³/mol. The molecule has 0 unspecified atom stereocenters. The Hall–Kier alpha value is -1.98. The number of hydrogen-bond acceptors (Lipinski definition) is 4. The largest absolute Gasteiger partial charge is 0.497 e. The monoisotopic (exact) mass is 356 g/mol. The molecule has 4 nitrogen and oxygen atoms in total. The number of aliphatic hydroxyl groups is 1. The Morgan fingerprint density at radius 2 is 2.19 bits per heavy atom. The third kappa shape index (κ3) is 2.89. The minimum atomic E-state index is -0.872. The molecule has 0 bridgehead atoms. The van der Waals surface area contributed by atoms with Gasteiger partial charge in [0.15, 0.2) is 0 Å². The summed E-state index contributed by atoms with van der Waals surface area (Å²) in [5.41, 5.74) is 1.65. The number of rotatable bonds is 4. The fourth-order valence-electron chi connectivity index (χ4n) is 4.77. The van der Waals surface area contributed by atoms with E-state index in [2.05, 4.69) is 9.88 Å². The van der Waals surface area contributed by atoms with Crippen LogP contribution in [0.2, 0.25) is 0 Å². The van der Waals surface area contributed by atoms with Gasteiger partial charge in [-0.25, -0.2) is 4.39 Å². The van der Waals surface area contributed by atoms with Crippen LogP contribution in [0.1, 0.15) is 29.7 Å². The average molecular weight is 356 g/mol. The molecule has 26 heavy (non-hydrogen) atoms. The van der Waals surface area contributed by atoms with Crippen molar-refractivity contribution >= 4 is 0 Å². The molecule has 1 saturated carbocycles. The van der Waals surface area contributed by atoms with Crippen LogP contribution in [0.4, 0.5) is 4.39 Å². The van der Waals surface area contributed by atoms with Crippen molar-refractivity contribution in [1.82, 2.24) is 9.88 Å². The lowest BCUT2D eigenvalue weighted by Crippen LogP contribution is -2.36. The van der Waals surface area contributed by atoms with Gasteiger partial charge >= 0.3 is 0 Å². The van der Waals surface area contributed by atoms with Crippen LogP contribution in [-0.2, 0) is 12.1 Å². The molecule has 1 aliphatic carbocycles. The first-order valence-corrected chi connectivity index (χ1v) is 9.20. The number of pyridine rings is 1. The van der Waals surface area contributed by atoms with Crippen molar-refractivity contribution in [2.45, 2.75) is 31.9 Å². The summed E-state index contributed by atoms with van der Waals surface area (Å²) in [6, 6.07) is 8.93. The standard InChI is InChI=1S/C21H25FN2O2/c1-14-4-3-9-23-20(14)21(25)8-7-15-11-24(13-18(15)21)12-16-5-6-17(26-2)10-19(16)22/h3-6,9-10,15,18,25H,7-8,11-13H2,1-2H3/t15-,18+,21-/m1/s1. The highest BCUT2D eigenvalue weighted by Crippen LogP contribution is 2.50. The number of nitrogens with zero attached hydrogens (tertiary/aromatic N) is 2. The Bertz CT molecular complexity index is 812. The summed E-state index contributed by atoms with van der Waals surface area (Å²) < 4.78 is 19.4. The first-order chi connectivity index (χ1) is 12.5. The van der Waals surface area contributed by atoms with Gasteiger partial charge in [0.2, 0.25) is 0 Å². The molecular formula is C21H25FN2O2. The van der Waals surface area contributed by atoms with Crippen LogP contribution in [0.25, 0.3) is 0 Å². The molecule has 2 heterocycles. The van der Waals surface area contributed by atoms with E-state index in [-0.39, 0.29) is 11.7 Å². The summed E-state index contributed by atoms with van der Waals surface area (Å²) >= 11 is 0. The molecule has 2 aliphatic rings. The van der Waals surface area contributed by atoms with Crippen LogP contribution >= 0.6 is 0 Å². The third-order valence-corrected chi connectivity index (χ3v) is 6.10. The SMILES string of the molecule is COc1ccc(CN2C[C@H]3CC[C@](O)(c4ncccc4C)[C@H]3C2)c(F)c1. The third-order valence-electron chi connectivity index (χ3n) is 6.10. The van der Waals surface area contributed by atoms with E-state index >= 15 is 0 Å². The molecule has 2 fully saturated rings. The highest BCUT2D eigenvalue weighted by atomic mass is 19.1. The number of aromatic nitrogens is 1. The number of benzene rings is 1. The van der Waals surface area contributed by atoms with Gasteiger partial charge in [-0.2, -0.15) is 0 Å². The fourth-order valence-corrected chi connectivity index (χ4v) is 4.77. The molecular weight excluding hydrogens is 331 g/mol. The number of ether oxygens (including phenoxy) is 1. The second kappa shape index (κ2) is 6.63. The smallest absolute Gasteiger partial charge is 0.131 e. The molecule has 0 spiro atoms. The fraction of sp³-hybridized carbons (Fsp3) is 0.476. The van der Waals surface area contributed by atoms with Crippen LogP contribution in [0.3, 0.4) is 0 Å². The summed E-state index contributed by atoms with van der Waals surface area (Å²) in [5.74, 6) is 0.877. The Morgan fingerprint density at radius 1 is 1.35 bits per heavy atom. The van der Waals surface area contributed by atoms with Crippen LogP contribution in [0.15, 0.2) is 36.5 Å². The Labute approximate surface area is 153 Å². The summed E-state index contributed by atoms with van der Waals surface area (Å²) in [6.07, 6.45) is 3.50. The Kier molecular flexibility index (Phi) is 4.45. The summed E-state index contributed by atoms with van der Waals surface area (Å²) in [7, 11) is 1.54. The molecule has 1 aliphatic heterocycles. The number of fused-ring (bicyclic) bond motifs is 1. The normalized spacial score (nSPS) is 28.3. The van der Waals surface area contributed by atoms with E-state index < -0.39 is 5.60 Å². The summed E-state index contributed by atoms with van der Waals surface area (Å²) in [6.45, 7) is 4.22. The van der Waals surface area contributed by atoms with Crippen molar-refractivity contribution in [3.63, 3.8) is 0 Å². The summed E-state index contributed by atoms with van der Waals surface area (Å²) in [4.78, 5) is 6.74. The van der Waals surface area contributed by atoms with E-state index in [0.29, 0.717) is 23.8 Å². The van der Waals surface area contributed by atoms with Gasteiger partial charge in [-0.15, -0.1) is 0 Å². The van der Waals surface area contributed by atoms with Crippen molar-refractivity contribution in [2.24, 2.45) is 11.8 Å². The molecule has 3 atom stereocenters. The van der Waals surface area contributed by atoms with Crippen molar-refractivity contribution in [3.8, 4) is 5.75 Å². The zero-order valence-corrected chi connectivity index (χ0v) is 15.3. The zero-order valence-electron chi connectivity index (χ0n) is 15.3. The first-order valence-electron chi connectivity index (χ1n) is 9.20. The Balaban J connectivity index is 1.52. The van der Waals surface area contributed by atoms with Gasteiger partial charge in [0.25, 0.3) is 0 Å². The average Bonchev–Trinajstić information content (AvgIpc) is 3.17. The van der Waals surface area contributed by atoms with Gasteiger partial charge < -0.3 is 9.84 Å². The quantitative estimate of drug-likeness (QED) is 0.913. The van der Waals surface area contributed by atoms with Crippen molar-refractivity contribution in [2.75, 3.05) is 20.2 Å². The van der Waals surface area contributed by atoms with Crippen molar-refractivity contribution < 1.29 is 14.2 Å². The lowest BCUT2D eigenvalue weighted by Gasteiger charge is -2.31.